The topological polar surface area (TPSA) is 41.6 Å². The van der Waals surface area contributed by atoms with Gasteiger partial charge >= 0.3 is 0 Å². The van der Waals surface area contributed by atoms with E-state index in [2.05, 4.69) is 48.3 Å². The maximum Gasteiger partial charge on any atom is 0.249 e. The zero-order chi connectivity index (χ0) is 16.9. The Bertz CT molecular complexity index is 552. The number of nitrogens with one attached hydrogen (secondary N) is 1. The number of nitrogens with zero attached hydrogens (tertiary/aromatic N) is 1. The fourth-order valence-electron chi connectivity index (χ4n) is 3.85. The molecule has 0 radical (unpaired) electrons. The summed E-state index contributed by atoms with van der Waals surface area (Å²) in [5, 5.41) is 3.15. The first-order valence-electron chi connectivity index (χ1n) is 9.33. The third-order valence-corrected chi connectivity index (χ3v) is 5.15. The van der Waals surface area contributed by atoms with E-state index in [0.717, 1.165) is 51.9 Å². The van der Waals surface area contributed by atoms with E-state index in [0.29, 0.717) is 12.0 Å². The van der Waals surface area contributed by atoms with Crippen LogP contribution < -0.4 is 5.32 Å². The Morgan fingerprint density at radius 3 is 2.83 bits per heavy atom. The number of carbonyl (C=O) groups is 1. The van der Waals surface area contributed by atoms with Gasteiger partial charge in [0.1, 0.15) is 6.10 Å². The van der Waals surface area contributed by atoms with Gasteiger partial charge in [-0.25, -0.2) is 0 Å². The van der Waals surface area contributed by atoms with Gasteiger partial charge in [0, 0.05) is 32.3 Å². The monoisotopic (exact) mass is 330 g/mol. The molecule has 0 aliphatic carbocycles. The minimum absolute atomic E-state index is 0.0682. The van der Waals surface area contributed by atoms with Crippen LogP contribution in [0.2, 0.25) is 0 Å². The summed E-state index contributed by atoms with van der Waals surface area (Å²) < 4.78 is 5.49. The SMILES string of the molecule is CC(C)CC(CNC(=O)C1CCCO1)N1CCc2ccccc2C1. The molecule has 0 saturated carbocycles. The van der Waals surface area contributed by atoms with E-state index in [4.69, 9.17) is 4.74 Å². The number of carbonyl (C=O) groups excluding carboxylic acids is 1. The average molecular weight is 330 g/mol. The van der Waals surface area contributed by atoms with E-state index in [1.54, 1.807) is 0 Å². The maximum absolute atomic E-state index is 12.3. The number of benzene rings is 1. The lowest BCUT2D eigenvalue weighted by Crippen LogP contribution is -2.48. The summed E-state index contributed by atoms with van der Waals surface area (Å²) in [7, 11) is 0. The van der Waals surface area contributed by atoms with Crippen molar-refractivity contribution in [2.75, 3.05) is 19.7 Å². The maximum atomic E-state index is 12.3. The van der Waals surface area contributed by atoms with Crippen molar-refractivity contribution in [3.63, 3.8) is 0 Å². The van der Waals surface area contributed by atoms with Gasteiger partial charge in [0.25, 0.3) is 0 Å². The van der Waals surface area contributed by atoms with Gasteiger partial charge in [-0.3, -0.25) is 9.69 Å². The number of hydrogen-bond donors (Lipinski definition) is 1. The van der Waals surface area contributed by atoms with Gasteiger partial charge in [-0.1, -0.05) is 38.1 Å². The summed E-state index contributed by atoms with van der Waals surface area (Å²) in [6, 6.07) is 9.12. The molecule has 3 rings (SSSR count). The highest BCUT2D eigenvalue weighted by atomic mass is 16.5. The van der Waals surface area contributed by atoms with Crippen molar-refractivity contribution >= 4 is 5.91 Å². The third-order valence-electron chi connectivity index (χ3n) is 5.15. The molecule has 4 heteroatoms. The second-order valence-electron chi connectivity index (χ2n) is 7.52. The smallest absolute Gasteiger partial charge is 0.249 e. The second-order valence-corrected chi connectivity index (χ2v) is 7.52. The molecular weight excluding hydrogens is 300 g/mol. The van der Waals surface area contributed by atoms with Crippen molar-refractivity contribution in [1.82, 2.24) is 10.2 Å². The van der Waals surface area contributed by atoms with Crippen LogP contribution in [0, 0.1) is 5.92 Å². The van der Waals surface area contributed by atoms with Crippen molar-refractivity contribution in [2.24, 2.45) is 5.92 Å². The van der Waals surface area contributed by atoms with E-state index < -0.39 is 0 Å². The van der Waals surface area contributed by atoms with Crippen LogP contribution in [0.25, 0.3) is 0 Å². The molecule has 0 spiro atoms. The summed E-state index contributed by atoms with van der Waals surface area (Å²) in [4.78, 5) is 14.8. The zero-order valence-electron chi connectivity index (χ0n) is 15.0. The first kappa shape index (κ1) is 17.4. The molecule has 1 amide bonds. The molecule has 132 valence electrons. The molecule has 1 fully saturated rings. The van der Waals surface area contributed by atoms with Gasteiger partial charge in [-0.05, 0) is 42.7 Å². The van der Waals surface area contributed by atoms with Gasteiger partial charge in [-0.15, -0.1) is 0 Å². The Morgan fingerprint density at radius 2 is 2.12 bits per heavy atom. The van der Waals surface area contributed by atoms with Crippen molar-refractivity contribution in [1.29, 1.82) is 0 Å². The molecule has 0 aromatic heterocycles. The largest absolute Gasteiger partial charge is 0.368 e. The first-order chi connectivity index (χ1) is 11.6. The normalized spacial score (nSPS) is 22.4. The molecular formula is C20H30N2O2. The van der Waals surface area contributed by atoms with Crippen LogP contribution in [0.15, 0.2) is 24.3 Å². The summed E-state index contributed by atoms with van der Waals surface area (Å²) in [5.74, 6) is 0.686. The van der Waals surface area contributed by atoms with E-state index in [-0.39, 0.29) is 12.0 Å². The molecule has 2 atom stereocenters. The van der Waals surface area contributed by atoms with Crippen LogP contribution >= 0.6 is 0 Å². The Balaban J connectivity index is 1.60. The predicted octanol–water partition coefficient (Wildman–Crippen LogP) is 2.75. The lowest BCUT2D eigenvalue weighted by molar-refractivity contribution is -0.130. The van der Waals surface area contributed by atoms with Crippen LogP contribution in [0.3, 0.4) is 0 Å². The van der Waals surface area contributed by atoms with Crippen molar-refractivity contribution in [2.45, 2.75) is 58.2 Å². The number of rotatable bonds is 6. The standard InChI is InChI=1S/C20H30N2O2/c1-15(2)12-18(13-21-20(23)19-8-5-11-24-19)22-10-9-16-6-3-4-7-17(16)14-22/h3-4,6-7,15,18-19H,5,8-14H2,1-2H3,(H,21,23). The van der Waals surface area contributed by atoms with E-state index in [9.17, 15) is 4.79 Å². The van der Waals surface area contributed by atoms with Crippen LogP contribution in [0.5, 0.6) is 0 Å². The lowest BCUT2D eigenvalue weighted by Gasteiger charge is -2.36. The van der Waals surface area contributed by atoms with E-state index >= 15 is 0 Å². The molecule has 2 heterocycles. The molecule has 1 aromatic rings. The van der Waals surface area contributed by atoms with E-state index in [1.165, 1.54) is 11.1 Å². The second kappa shape index (κ2) is 8.13. The molecule has 1 aromatic carbocycles. The lowest BCUT2D eigenvalue weighted by atomic mass is 9.95. The van der Waals surface area contributed by atoms with Crippen LogP contribution in [-0.4, -0.2) is 42.6 Å². The molecule has 0 bridgehead atoms. The zero-order valence-corrected chi connectivity index (χ0v) is 15.0. The average Bonchev–Trinajstić information content (AvgIpc) is 3.12. The Morgan fingerprint density at radius 1 is 1.33 bits per heavy atom. The fraction of sp³-hybridized carbons (Fsp3) is 0.650. The van der Waals surface area contributed by atoms with Crippen LogP contribution in [0.1, 0.15) is 44.2 Å². The molecule has 2 aliphatic rings. The van der Waals surface area contributed by atoms with Gasteiger partial charge in [0.2, 0.25) is 5.91 Å². The van der Waals surface area contributed by atoms with Gasteiger partial charge in [-0.2, -0.15) is 0 Å². The minimum Gasteiger partial charge on any atom is -0.368 e. The van der Waals surface area contributed by atoms with Crippen molar-refractivity contribution in [3.8, 4) is 0 Å². The highest BCUT2D eigenvalue weighted by molar-refractivity contribution is 5.80. The van der Waals surface area contributed by atoms with Crippen molar-refractivity contribution < 1.29 is 9.53 Å². The fourth-order valence-corrected chi connectivity index (χ4v) is 3.85. The molecule has 24 heavy (non-hydrogen) atoms. The highest BCUT2D eigenvalue weighted by Gasteiger charge is 2.27. The molecule has 1 saturated heterocycles. The van der Waals surface area contributed by atoms with Gasteiger partial charge in [0.15, 0.2) is 0 Å². The van der Waals surface area contributed by atoms with Gasteiger partial charge in [0.05, 0.1) is 0 Å². The van der Waals surface area contributed by atoms with Crippen molar-refractivity contribution in [3.05, 3.63) is 35.4 Å². The van der Waals surface area contributed by atoms with Crippen LogP contribution in [-0.2, 0) is 22.5 Å². The van der Waals surface area contributed by atoms with E-state index in [1.807, 2.05) is 0 Å². The number of fused-ring (bicyclic) bond motifs is 1. The first-order valence-corrected chi connectivity index (χ1v) is 9.33. The number of hydrogen-bond acceptors (Lipinski definition) is 3. The number of ether oxygens (including phenoxy) is 1. The summed E-state index contributed by atoms with van der Waals surface area (Å²) in [5.41, 5.74) is 2.91. The minimum atomic E-state index is -0.230. The number of amides is 1. The highest BCUT2D eigenvalue weighted by Crippen LogP contribution is 2.23. The molecule has 2 aliphatic heterocycles. The summed E-state index contributed by atoms with van der Waals surface area (Å²) in [6.45, 7) is 8.02. The summed E-state index contributed by atoms with van der Waals surface area (Å²) >= 11 is 0. The molecule has 1 N–H and O–H groups in total. The third kappa shape index (κ3) is 4.37. The quantitative estimate of drug-likeness (QED) is 0.872. The molecule has 4 nitrogen and oxygen atoms in total. The Kier molecular flexibility index (Phi) is 5.90. The predicted molar refractivity (Wildman–Crippen MR) is 95.8 cm³/mol. The summed E-state index contributed by atoms with van der Waals surface area (Å²) in [6.07, 6.45) is 3.83. The van der Waals surface area contributed by atoms with Gasteiger partial charge < -0.3 is 10.1 Å². The Labute approximate surface area is 145 Å². The Hall–Kier alpha value is -1.39. The van der Waals surface area contributed by atoms with Crippen LogP contribution in [0.4, 0.5) is 0 Å². The molecule has 2 unspecified atom stereocenters.